The number of hydrogen-bond acceptors (Lipinski definition) is 5. The van der Waals surface area contributed by atoms with Crippen LogP contribution < -0.4 is 10.5 Å². The van der Waals surface area contributed by atoms with Gasteiger partial charge in [0.05, 0.1) is 20.8 Å². The first-order valence-corrected chi connectivity index (χ1v) is 5.08. The summed E-state index contributed by atoms with van der Waals surface area (Å²) < 4.78 is 15.3. The molecule has 1 aromatic heterocycles. The van der Waals surface area contributed by atoms with E-state index in [1.54, 1.807) is 18.2 Å². The maximum atomic E-state index is 11.6. The fourth-order valence-corrected chi connectivity index (χ4v) is 1.66. The molecule has 0 saturated carbocycles. The smallest absolute Gasteiger partial charge is 0.341 e. The van der Waals surface area contributed by atoms with Crippen LogP contribution in [0.1, 0.15) is 16.1 Å². The number of fused-ring (bicyclic) bond motifs is 1. The first-order valence-electron chi connectivity index (χ1n) is 5.08. The molecule has 5 heteroatoms. The highest BCUT2D eigenvalue weighted by Crippen LogP contribution is 2.28. The van der Waals surface area contributed by atoms with Gasteiger partial charge in [0.15, 0.2) is 0 Å². The molecule has 0 bridgehead atoms. The van der Waals surface area contributed by atoms with E-state index in [-0.39, 0.29) is 6.54 Å². The van der Waals surface area contributed by atoms with E-state index in [4.69, 9.17) is 19.6 Å². The Morgan fingerprint density at radius 1 is 1.35 bits per heavy atom. The highest BCUT2D eigenvalue weighted by molar-refractivity contribution is 6.02. The molecule has 0 aliphatic heterocycles. The number of hydrogen-bond donors (Lipinski definition) is 1. The van der Waals surface area contributed by atoms with E-state index in [2.05, 4.69) is 0 Å². The normalized spacial score (nSPS) is 10.5. The van der Waals surface area contributed by atoms with Gasteiger partial charge in [0.25, 0.3) is 0 Å². The molecule has 5 nitrogen and oxygen atoms in total. The second-order valence-corrected chi connectivity index (χ2v) is 3.50. The fraction of sp³-hybridized carbons (Fsp3) is 0.250. The Morgan fingerprint density at radius 3 is 2.71 bits per heavy atom. The van der Waals surface area contributed by atoms with Gasteiger partial charge in [-0.2, -0.15) is 0 Å². The molecule has 0 spiro atoms. The predicted octanol–water partition coefficient (Wildman–Crippen LogP) is 1.69. The summed E-state index contributed by atoms with van der Waals surface area (Å²) in [4.78, 5) is 11.6. The van der Waals surface area contributed by atoms with Crippen molar-refractivity contribution in [2.45, 2.75) is 6.54 Å². The molecule has 0 atom stereocenters. The van der Waals surface area contributed by atoms with Crippen molar-refractivity contribution in [3.63, 3.8) is 0 Å². The highest BCUT2D eigenvalue weighted by atomic mass is 16.5. The first kappa shape index (κ1) is 11.5. The quantitative estimate of drug-likeness (QED) is 0.819. The lowest BCUT2D eigenvalue weighted by molar-refractivity contribution is 0.0601. The second-order valence-electron chi connectivity index (χ2n) is 3.50. The minimum atomic E-state index is -0.466. The third kappa shape index (κ3) is 1.97. The molecule has 0 radical (unpaired) electrons. The molecule has 0 aliphatic carbocycles. The van der Waals surface area contributed by atoms with Crippen molar-refractivity contribution >= 4 is 16.9 Å². The topological polar surface area (TPSA) is 74.7 Å². The number of carbonyl (C=O) groups is 1. The molecule has 2 rings (SSSR count). The van der Waals surface area contributed by atoms with Crippen LogP contribution in [0.3, 0.4) is 0 Å². The van der Waals surface area contributed by atoms with E-state index in [9.17, 15) is 4.79 Å². The molecular formula is C12H13NO4. The summed E-state index contributed by atoms with van der Waals surface area (Å²) >= 11 is 0. The molecule has 17 heavy (non-hydrogen) atoms. The van der Waals surface area contributed by atoms with E-state index < -0.39 is 5.97 Å². The van der Waals surface area contributed by atoms with Crippen LogP contribution in [0.25, 0.3) is 11.0 Å². The summed E-state index contributed by atoms with van der Waals surface area (Å²) in [5, 5.41) is 0.769. The monoisotopic (exact) mass is 235 g/mol. The Bertz CT molecular complexity index is 559. The van der Waals surface area contributed by atoms with Crippen molar-refractivity contribution in [2.75, 3.05) is 14.2 Å². The van der Waals surface area contributed by atoms with Gasteiger partial charge in [-0.1, -0.05) is 0 Å². The standard InChI is InChI=1S/C12H13NO4/c1-15-8-3-7-4-9(6-13)17-11(7)10(5-8)12(14)16-2/h3-5H,6,13H2,1-2H3. The van der Waals surface area contributed by atoms with Crippen LogP contribution in [-0.2, 0) is 11.3 Å². The van der Waals surface area contributed by atoms with Crippen LogP contribution in [0.15, 0.2) is 22.6 Å². The van der Waals surface area contributed by atoms with Gasteiger partial charge in [0.1, 0.15) is 22.7 Å². The minimum Gasteiger partial charge on any atom is -0.497 e. The van der Waals surface area contributed by atoms with E-state index in [1.807, 2.05) is 0 Å². The van der Waals surface area contributed by atoms with Gasteiger partial charge >= 0.3 is 5.97 Å². The van der Waals surface area contributed by atoms with E-state index in [0.717, 1.165) is 5.39 Å². The number of furan rings is 1. The number of benzene rings is 1. The Kier molecular flexibility index (Phi) is 3.01. The molecule has 2 N–H and O–H groups in total. The highest BCUT2D eigenvalue weighted by Gasteiger charge is 2.16. The average Bonchev–Trinajstić information content (AvgIpc) is 2.79. The number of nitrogens with two attached hydrogens (primary N) is 1. The average molecular weight is 235 g/mol. The SMILES string of the molecule is COC(=O)c1cc(OC)cc2cc(CN)oc12. The second kappa shape index (κ2) is 4.47. The van der Waals surface area contributed by atoms with Crippen molar-refractivity contribution < 1.29 is 18.7 Å². The molecule has 90 valence electrons. The molecule has 0 unspecified atom stereocenters. The maximum absolute atomic E-state index is 11.6. The Balaban J connectivity index is 2.69. The largest absolute Gasteiger partial charge is 0.497 e. The van der Waals surface area contributed by atoms with Gasteiger partial charge in [-0.05, 0) is 18.2 Å². The van der Waals surface area contributed by atoms with Crippen LogP contribution in [0.5, 0.6) is 5.75 Å². The van der Waals surface area contributed by atoms with Crippen molar-refractivity contribution in [2.24, 2.45) is 5.73 Å². The lowest BCUT2D eigenvalue weighted by Gasteiger charge is -2.04. The number of ether oxygens (including phenoxy) is 2. The zero-order valence-electron chi connectivity index (χ0n) is 9.65. The number of methoxy groups -OCH3 is 2. The van der Waals surface area contributed by atoms with Crippen LogP contribution in [-0.4, -0.2) is 20.2 Å². The fourth-order valence-electron chi connectivity index (χ4n) is 1.66. The summed E-state index contributed by atoms with van der Waals surface area (Å²) in [6.45, 7) is 0.275. The van der Waals surface area contributed by atoms with Crippen LogP contribution in [0.2, 0.25) is 0 Å². The Hall–Kier alpha value is -2.01. The van der Waals surface area contributed by atoms with Crippen molar-refractivity contribution in [3.05, 3.63) is 29.5 Å². The molecular weight excluding hydrogens is 222 g/mol. The predicted molar refractivity (Wildman–Crippen MR) is 62.0 cm³/mol. The molecule has 1 aromatic carbocycles. The summed E-state index contributed by atoms with van der Waals surface area (Å²) in [5.74, 6) is 0.715. The third-order valence-electron chi connectivity index (χ3n) is 2.48. The van der Waals surface area contributed by atoms with Gasteiger partial charge in [0.2, 0.25) is 0 Å². The molecule has 0 amide bonds. The van der Waals surface area contributed by atoms with Crippen molar-refractivity contribution in [3.8, 4) is 5.75 Å². The van der Waals surface area contributed by atoms with E-state index >= 15 is 0 Å². The zero-order chi connectivity index (χ0) is 12.4. The van der Waals surface area contributed by atoms with Crippen molar-refractivity contribution in [1.82, 2.24) is 0 Å². The van der Waals surface area contributed by atoms with Crippen molar-refractivity contribution in [1.29, 1.82) is 0 Å². The zero-order valence-corrected chi connectivity index (χ0v) is 9.65. The van der Waals surface area contributed by atoms with Crippen LogP contribution >= 0.6 is 0 Å². The summed E-state index contributed by atoms with van der Waals surface area (Å²) in [7, 11) is 2.85. The third-order valence-corrected chi connectivity index (χ3v) is 2.48. The first-order chi connectivity index (χ1) is 8.19. The summed E-state index contributed by atoms with van der Waals surface area (Å²) in [6.07, 6.45) is 0. The van der Waals surface area contributed by atoms with E-state index in [1.165, 1.54) is 14.2 Å². The van der Waals surface area contributed by atoms with Gasteiger partial charge in [-0.3, -0.25) is 0 Å². The van der Waals surface area contributed by atoms with Gasteiger partial charge < -0.3 is 19.6 Å². The Morgan fingerprint density at radius 2 is 2.12 bits per heavy atom. The summed E-state index contributed by atoms with van der Waals surface area (Å²) in [5.41, 5.74) is 6.31. The number of rotatable bonds is 3. The van der Waals surface area contributed by atoms with Gasteiger partial charge in [0, 0.05) is 5.39 Å². The van der Waals surface area contributed by atoms with Gasteiger partial charge in [-0.15, -0.1) is 0 Å². The molecule has 1 heterocycles. The maximum Gasteiger partial charge on any atom is 0.341 e. The number of carbonyl (C=O) groups excluding carboxylic acids is 1. The summed E-state index contributed by atoms with van der Waals surface area (Å²) in [6, 6.07) is 5.15. The lowest BCUT2D eigenvalue weighted by Crippen LogP contribution is -2.02. The molecule has 2 aromatic rings. The van der Waals surface area contributed by atoms with Crippen LogP contribution in [0.4, 0.5) is 0 Å². The number of esters is 1. The van der Waals surface area contributed by atoms with Crippen LogP contribution in [0, 0.1) is 0 Å². The van der Waals surface area contributed by atoms with Gasteiger partial charge in [-0.25, -0.2) is 4.79 Å². The lowest BCUT2D eigenvalue weighted by atomic mass is 10.1. The Labute approximate surface area is 98.1 Å². The molecule has 0 saturated heterocycles. The molecule has 0 aliphatic rings. The van der Waals surface area contributed by atoms with E-state index in [0.29, 0.717) is 22.7 Å². The minimum absolute atomic E-state index is 0.275. The molecule has 0 fully saturated rings.